The molecule has 7 heteroatoms. The zero-order valence-corrected chi connectivity index (χ0v) is 15.4. The van der Waals surface area contributed by atoms with Crippen molar-refractivity contribution in [3.8, 4) is 0 Å². The molecule has 0 saturated carbocycles. The fourth-order valence-corrected chi connectivity index (χ4v) is 3.73. The van der Waals surface area contributed by atoms with E-state index in [0.717, 1.165) is 5.56 Å². The fourth-order valence-electron chi connectivity index (χ4n) is 3.73. The molecule has 2 amide bonds. The lowest BCUT2D eigenvalue weighted by molar-refractivity contribution is -0.114. The highest BCUT2D eigenvalue weighted by Crippen LogP contribution is 2.38. The smallest absolute Gasteiger partial charge is 0.253 e. The van der Waals surface area contributed by atoms with Crippen LogP contribution in [0.25, 0.3) is 0 Å². The molecule has 3 aromatic rings. The molecule has 1 aliphatic rings. The summed E-state index contributed by atoms with van der Waals surface area (Å²) in [6, 6.07) is 17.0. The number of hydrogen-bond acceptors (Lipinski definition) is 5. The molecule has 2 atom stereocenters. The summed E-state index contributed by atoms with van der Waals surface area (Å²) in [6.45, 7) is 2.50. The average molecular weight is 376 g/mol. The summed E-state index contributed by atoms with van der Waals surface area (Å²) in [4.78, 5) is 30.5. The first kappa shape index (κ1) is 17.9. The summed E-state index contributed by atoms with van der Waals surface area (Å²) in [5.74, 6) is 0.396. The number of benzene rings is 2. The van der Waals surface area contributed by atoms with Crippen LogP contribution < -0.4 is 5.32 Å². The zero-order chi connectivity index (χ0) is 19.5. The van der Waals surface area contributed by atoms with Gasteiger partial charge in [-0.1, -0.05) is 41.6 Å². The topological polar surface area (TPSA) is 88.3 Å². The first-order valence-corrected chi connectivity index (χ1v) is 9.10. The van der Waals surface area contributed by atoms with Crippen LogP contribution in [-0.2, 0) is 4.79 Å². The van der Waals surface area contributed by atoms with Gasteiger partial charge in [0.05, 0.1) is 0 Å². The zero-order valence-electron chi connectivity index (χ0n) is 15.4. The summed E-state index contributed by atoms with van der Waals surface area (Å²) in [5, 5.41) is 6.73. The van der Waals surface area contributed by atoms with Crippen LogP contribution in [0.2, 0.25) is 0 Å². The lowest BCUT2D eigenvalue weighted by Gasteiger charge is -2.17. The number of carbonyl (C=O) groups excluding carboxylic acids is 2. The molecule has 1 saturated heterocycles. The van der Waals surface area contributed by atoms with E-state index in [1.807, 2.05) is 23.1 Å². The second kappa shape index (κ2) is 7.64. The third kappa shape index (κ3) is 3.64. The molecule has 0 aliphatic carbocycles. The quantitative estimate of drug-likeness (QED) is 0.756. The standard InChI is InChI=1S/C21H20N4O3/c1-14(26)23-17-9-5-8-16(10-17)21(27)25-11-18(15-6-3-2-4-7-15)19(12-25)20-22-13-28-24-20/h2-10,13,18-19H,11-12H2,1H3,(H,23,26). The summed E-state index contributed by atoms with van der Waals surface area (Å²) in [5.41, 5.74) is 2.28. The van der Waals surface area contributed by atoms with E-state index >= 15 is 0 Å². The predicted octanol–water partition coefficient (Wildman–Crippen LogP) is 3.05. The van der Waals surface area contributed by atoms with Gasteiger partial charge in [-0.3, -0.25) is 9.59 Å². The molecule has 7 nitrogen and oxygen atoms in total. The Morgan fingerprint density at radius 3 is 2.57 bits per heavy atom. The van der Waals surface area contributed by atoms with Crippen molar-refractivity contribution in [1.82, 2.24) is 15.0 Å². The van der Waals surface area contributed by atoms with Gasteiger partial charge in [0, 0.05) is 43.1 Å². The molecule has 0 bridgehead atoms. The molecule has 28 heavy (non-hydrogen) atoms. The van der Waals surface area contributed by atoms with Gasteiger partial charge in [0.2, 0.25) is 12.3 Å². The van der Waals surface area contributed by atoms with E-state index in [1.54, 1.807) is 24.3 Å². The maximum atomic E-state index is 13.1. The molecule has 2 heterocycles. The Morgan fingerprint density at radius 1 is 1.07 bits per heavy atom. The highest BCUT2D eigenvalue weighted by Gasteiger charge is 2.39. The number of anilines is 1. The number of nitrogens with one attached hydrogen (secondary N) is 1. The number of amides is 2. The van der Waals surface area contributed by atoms with E-state index in [2.05, 4.69) is 27.6 Å². The van der Waals surface area contributed by atoms with Gasteiger partial charge in [-0.25, -0.2) is 0 Å². The monoisotopic (exact) mass is 376 g/mol. The third-order valence-corrected chi connectivity index (χ3v) is 4.97. The van der Waals surface area contributed by atoms with E-state index in [9.17, 15) is 9.59 Å². The minimum absolute atomic E-state index is 0.0383. The predicted molar refractivity (Wildman–Crippen MR) is 103 cm³/mol. The van der Waals surface area contributed by atoms with Crippen molar-refractivity contribution >= 4 is 17.5 Å². The normalized spacial score (nSPS) is 18.8. The van der Waals surface area contributed by atoms with Crippen molar-refractivity contribution in [1.29, 1.82) is 0 Å². The van der Waals surface area contributed by atoms with E-state index < -0.39 is 0 Å². The van der Waals surface area contributed by atoms with Crippen LogP contribution in [0, 0.1) is 0 Å². The average Bonchev–Trinajstić information content (AvgIpc) is 3.37. The van der Waals surface area contributed by atoms with E-state index in [0.29, 0.717) is 30.2 Å². The molecule has 1 aromatic heterocycles. The van der Waals surface area contributed by atoms with Gasteiger partial charge in [0.1, 0.15) is 0 Å². The molecule has 1 aliphatic heterocycles. The van der Waals surface area contributed by atoms with Crippen LogP contribution in [0.3, 0.4) is 0 Å². The molecule has 1 N–H and O–H groups in total. The van der Waals surface area contributed by atoms with Crippen molar-refractivity contribution in [2.45, 2.75) is 18.8 Å². The Labute approximate surface area is 162 Å². The van der Waals surface area contributed by atoms with Gasteiger partial charge < -0.3 is 14.7 Å². The molecule has 142 valence electrons. The van der Waals surface area contributed by atoms with Crippen molar-refractivity contribution in [3.63, 3.8) is 0 Å². The molecular weight excluding hydrogens is 356 g/mol. The van der Waals surface area contributed by atoms with Gasteiger partial charge in [-0.05, 0) is 23.8 Å². The third-order valence-electron chi connectivity index (χ3n) is 4.97. The molecule has 4 rings (SSSR count). The Hall–Kier alpha value is -3.48. The SMILES string of the molecule is CC(=O)Nc1cccc(C(=O)N2CC(c3ccccc3)C(c3ncon3)C2)c1. The first-order valence-electron chi connectivity index (χ1n) is 9.10. The molecule has 2 aromatic carbocycles. The van der Waals surface area contributed by atoms with E-state index in [4.69, 9.17) is 4.52 Å². The summed E-state index contributed by atoms with van der Waals surface area (Å²) < 4.78 is 4.94. The Morgan fingerprint density at radius 2 is 1.86 bits per heavy atom. The maximum Gasteiger partial charge on any atom is 0.253 e. The number of rotatable bonds is 4. The van der Waals surface area contributed by atoms with Gasteiger partial charge in [-0.2, -0.15) is 4.98 Å². The van der Waals surface area contributed by atoms with E-state index in [1.165, 1.54) is 13.3 Å². The highest BCUT2D eigenvalue weighted by molar-refractivity contribution is 5.97. The van der Waals surface area contributed by atoms with Crippen LogP contribution in [0.4, 0.5) is 5.69 Å². The lowest BCUT2D eigenvalue weighted by Crippen LogP contribution is -2.29. The van der Waals surface area contributed by atoms with Gasteiger partial charge in [0.15, 0.2) is 5.82 Å². The minimum atomic E-state index is -0.174. The van der Waals surface area contributed by atoms with Crippen LogP contribution in [0.5, 0.6) is 0 Å². The number of hydrogen-bond donors (Lipinski definition) is 1. The van der Waals surface area contributed by atoms with Gasteiger partial charge in [-0.15, -0.1) is 0 Å². The van der Waals surface area contributed by atoms with Crippen molar-refractivity contribution in [2.75, 3.05) is 18.4 Å². The Kier molecular flexibility index (Phi) is 4.89. The minimum Gasteiger partial charge on any atom is -0.343 e. The molecule has 1 fully saturated rings. The largest absolute Gasteiger partial charge is 0.343 e. The van der Waals surface area contributed by atoms with Crippen LogP contribution in [0.15, 0.2) is 65.5 Å². The van der Waals surface area contributed by atoms with Gasteiger partial charge >= 0.3 is 0 Å². The second-order valence-electron chi connectivity index (χ2n) is 6.89. The fraction of sp³-hybridized carbons (Fsp3) is 0.238. The van der Waals surface area contributed by atoms with Crippen molar-refractivity contribution in [3.05, 3.63) is 77.9 Å². The number of carbonyl (C=O) groups is 2. The molecule has 0 spiro atoms. The van der Waals surface area contributed by atoms with Crippen molar-refractivity contribution < 1.29 is 14.1 Å². The lowest BCUT2D eigenvalue weighted by atomic mass is 9.88. The highest BCUT2D eigenvalue weighted by atomic mass is 16.5. The summed E-state index contributed by atoms with van der Waals surface area (Å²) in [6.07, 6.45) is 1.32. The first-order chi connectivity index (χ1) is 13.6. The summed E-state index contributed by atoms with van der Waals surface area (Å²) >= 11 is 0. The van der Waals surface area contributed by atoms with Crippen molar-refractivity contribution in [2.24, 2.45) is 0 Å². The van der Waals surface area contributed by atoms with Crippen LogP contribution in [-0.4, -0.2) is 39.9 Å². The van der Waals surface area contributed by atoms with Crippen LogP contribution in [0.1, 0.15) is 40.5 Å². The Bertz CT molecular complexity index is 972. The number of nitrogens with zero attached hydrogens (tertiary/aromatic N) is 3. The van der Waals surface area contributed by atoms with Gasteiger partial charge in [0.25, 0.3) is 5.91 Å². The van der Waals surface area contributed by atoms with E-state index in [-0.39, 0.29) is 23.7 Å². The molecular formula is C21H20N4O3. The molecule has 0 radical (unpaired) electrons. The number of aromatic nitrogens is 2. The maximum absolute atomic E-state index is 13.1. The molecule has 2 unspecified atom stereocenters. The Balaban J connectivity index is 1.60. The second-order valence-corrected chi connectivity index (χ2v) is 6.89. The number of likely N-dealkylation sites (tertiary alicyclic amines) is 1. The summed E-state index contributed by atoms with van der Waals surface area (Å²) in [7, 11) is 0. The van der Waals surface area contributed by atoms with Crippen LogP contribution >= 0.6 is 0 Å².